The van der Waals surface area contributed by atoms with Crippen LogP contribution in [-0.4, -0.2) is 79.7 Å². The van der Waals surface area contributed by atoms with Crippen LogP contribution in [0, 0.1) is 56.5 Å². The molecule has 15 nitrogen and oxygen atoms in total. The van der Waals surface area contributed by atoms with E-state index in [4.69, 9.17) is 9.74 Å². The predicted octanol–water partition coefficient (Wildman–Crippen LogP) is 4.81. The van der Waals surface area contributed by atoms with Gasteiger partial charge >= 0.3 is 11.7 Å². The molecule has 11 atom stereocenters. The highest BCUT2D eigenvalue weighted by Crippen LogP contribution is 2.68. The third kappa shape index (κ3) is 7.87. The van der Waals surface area contributed by atoms with Gasteiger partial charge in [-0.25, -0.2) is 4.63 Å². The smallest absolute Gasteiger partial charge is 0.322 e. The number of hydrogen-bond acceptors (Lipinski definition) is 11. The minimum absolute atomic E-state index is 0.0402. The topological polar surface area (TPSA) is 230 Å². The molecule has 4 unspecified atom stereocenters. The van der Waals surface area contributed by atoms with Gasteiger partial charge in [0.15, 0.2) is 5.52 Å². The average Bonchev–Trinajstić information content (AvgIpc) is 3.74. The van der Waals surface area contributed by atoms with Crippen LogP contribution in [0.25, 0.3) is 11.0 Å². The molecule has 1 aromatic carbocycles. The number of non-ortho nitro benzene ring substituents is 1. The Morgan fingerprint density at radius 3 is 2.49 bits per heavy atom. The number of aliphatic hydroxyl groups excluding tert-OH is 2. The summed E-state index contributed by atoms with van der Waals surface area (Å²) in [4.78, 5) is 48.1. The quantitative estimate of drug-likeness (QED) is 0.0821. The van der Waals surface area contributed by atoms with Crippen molar-refractivity contribution in [1.82, 2.24) is 20.9 Å². The van der Waals surface area contributed by atoms with Gasteiger partial charge in [-0.2, -0.15) is 0 Å². The van der Waals surface area contributed by atoms with E-state index in [1.165, 1.54) is 12.1 Å². The summed E-state index contributed by atoms with van der Waals surface area (Å²) in [7, 11) is 0. The minimum Gasteiger partial charge on any atom is -0.480 e. The zero-order valence-electron chi connectivity index (χ0n) is 31.1. The van der Waals surface area contributed by atoms with Crippen molar-refractivity contribution in [2.45, 2.75) is 122 Å². The van der Waals surface area contributed by atoms with Crippen molar-refractivity contribution in [1.29, 1.82) is 0 Å². The fourth-order valence-electron chi connectivity index (χ4n) is 11.4. The van der Waals surface area contributed by atoms with Crippen LogP contribution >= 0.6 is 0 Å². The number of anilines is 1. The Kier molecular flexibility index (Phi) is 11.6. The third-order valence-electron chi connectivity index (χ3n) is 14.1. The van der Waals surface area contributed by atoms with Crippen molar-refractivity contribution >= 4 is 40.2 Å². The van der Waals surface area contributed by atoms with Crippen LogP contribution in [0.4, 0.5) is 11.4 Å². The fraction of sp³-hybridized carbons (Fsp3) is 0.763. The summed E-state index contributed by atoms with van der Waals surface area (Å²) in [5, 5.41) is 58.2. The maximum Gasteiger partial charge on any atom is 0.322 e. The molecule has 1 aromatic heterocycles. The van der Waals surface area contributed by atoms with Crippen LogP contribution in [0.2, 0.25) is 0 Å². The number of nitrogens with one attached hydrogen (secondary N) is 3. The van der Waals surface area contributed by atoms with E-state index in [9.17, 15) is 34.7 Å². The SMILES string of the molecule is C[C@H](CCC(=O)N[C@@H](CCCCNc1ccc([N+](=O)[O-])c2nonc12)C(=O)NCC(=O)O)[C@H]1CCC2C3C(CC[C@@]21C)[C@@]1(C)CC[C@@H](O)CC1C[C@@H]3O. The van der Waals surface area contributed by atoms with Crippen LogP contribution in [0.1, 0.15) is 104 Å². The van der Waals surface area contributed by atoms with Gasteiger partial charge in [0.25, 0.3) is 0 Å². The molecule has 1 heterocycles. The van der Waals surface area contributed by atoms with Gasteiger partial charge in [0.1, 0.15) is 12.6 Å². The number of aromatic nitrogens is 2. The molecule has 4 aliphatic rings. The number of aliphatic hydroxyl groups is 2. The lowest BCUT2D eigenvalue weighted by molar-refractivity contribution is -0.383. The van der Waals surface area contributed by atoms with Crippen LogP contribution in [0.3, 0.4) is 0 Å². The van der Waals surface area contributed by atoms with Gasteiger partial charge in [0.2, 0.25) is 17.3 Å². The van der Waals surface area contributed by atoms with Crippen molar-refractivity contribution in [3.63, 3.8) is 0 Å². The average molecular weight is 741 g/mol. The van der Waals surface area contributed by atoms with E-state index >= 15 is 0 Å². The molecule has 292 valence electrons. The number of carbonyl (C=O) groups is 3. The van der Waals surface area contributed by atoms with E-state index in [2.05, 4.69) is 47.0 Å². The molecule has 2 amide bonds. The number of aliphatic carboxylic acids is 1. The zero-order chi connectivity index (χ0) is 38.1. The third-order valence-corrected chi connectivity index (χ3v) is 14.1. The molecule has 0 bridgehead atoms. The first-order valence-corrected chi connectivity index (χ1v) is 19.5. The normalized spacial score (nSPS) is 33.2. The van der Waals surface area contributed by atoms with Crippen molar-refractivity contribution in [2.24, 2.45) is 46.3 Å². The lowest BCUT2D eigenvalue weighted by atomic mass is 9.43. The molecule has 15 heteroatoms. The van der Waals surface area contributed by atoms with Gasteiger partial charge in [-0.05, 0) is 140 Å². The monoisotopic (exact) mass is 740 g/mol. The number of nitro groups is 1. The van der Waals surface area contributed by atoms with Gasteiger partial charge in [-0.15, -0.1) is 0 Å². The Morgan fingerprint density at radius 2 is 1.74 bits per heavy atom. The number of unbranched alkanes of at least 4 members (excludes halogenated alkanes) is 1. The highest BCUT2D eigenvalue weighted by molar-refractivity contribution is 5.93. The van der Waals surface area contributed by atoms with E-state index in [0.29, 0.717) is 61.6 Å². The molecular weight excluding hydrogens is 684 g/mol. The molecule has 0 aliphatic heterocycles. The number of carbonyl (C=O) groups excluding carboxylic acids is 2. The van der Waals surface area contributed by atoms with E-state index in [1.807, 2.05) is 0 Å². The molecule has 6 rings (SSSR count). The number of nitrogens with zero attached hydrogens (tertiary/aromatic N) is 3. The Balaban J connectivity index is 1.01. The van der Waals surface area contributed by atoms with E-state index < -0.39 is 29.4 Å². The predicted molar refractivity (Wildman–Crippen MR) is 194 cm³/mol. The number of fused-ring (bicyclic) bond motifs is 6. The second kappa shape index (κ2) is 15.9. The molecule has 53 heavy (non-hydrogen) atoms. The Labute approximate surface area is 309 Å². The van der Waals surface area contributed by atoms with Crippen LogP contribution < -0.4 is 16.0 Å². The first kappa shape index (κ1) is 38.9. The van der Waals surface area contributed by atoms with Crippen molar-refractivity contribution in [2.75, 3.05) is 18.4 Å². The molecule has 4 aliphatic carbocycles. The highest BCUT2D eigenvalue weighted by Gasteiger charge is 2.62. The summed E-state index contributed by atoms with van der Waals surface area (Å²) in [5.41, 5.74) is 0.844. The Morgan fingerprint density at radius 1 is 1.00 bits per heavy atom. The highest BCUT2D eigenvalue weighted by atomic mass is 16.6. The van der Waals surface area contributed by atoms with E-state index in [0.717, 1.165) is 51.4 Å². The van der Waals surface area contributed by atoms with Gasteiger partial charge in [-0.1, -0.05) is 20.8 Å². The number of nitro benzene ring substituents is 1. The van der Waals surface area contributed by atoms with Gasteiger partial charge in [0.05, 0.1) is 22.8 Å². The Bertz CT molecular complexity index is 1670. The summed E-state index contributed by atoms with van der Waals surface area (Å²) >= 11 is 0. The summed E-state index contributed by atoms with van der Waals surface area (Å²) in [6.45, 7) is 6.96. The van der Waals surface area contributed by atoms with Crippen LogP contribution in [-0.2, 0) is 14.4 Å². The second-order valence-electron chi connectivity index (χ2n) is 17.0. The van der Waals surface area contributed by atoms with Crippen molar-refractivity contribution in [3.05, 3.63) is 22.2 Å². The molecule has 4 fully saturated rings. The lowest BCUT2D eigenvalue weighted by Crippen LogP contribution is -2.58. The summed E-state index contributed by atoms with van der Waals surface area (Å²) in [6, 6.07) is 1.96. The largest absolute Gasteiger partial charge is 0.480 e. The fourth-order valence-corrected chi connectivity index (χ4v) is 11.4. The summed E-state index contributed by atoms with van der Waals surface area (Å²) in [6.07, 6.45) is 9.57. The van der Waals surface area contributed by atoms with Crippen LogP contribution in [0.15, 0.2) is 16.8 Å². The molecule has 4 saturated carbocycles. The Hall–Kier alpha value is -3.85. The molecule has 0 radical (unpaired) electrons. The summed E-state index contributed by atoms with van der Waals surface area (Å²) < 4.78 is 4.71. The maximum atomic E-state index is 13.3. The maximum absolute atomic E-state index is 13.3. The standard InChI is InChI=1S/C38H56N6O9/c1-21(24-8-9-25-33-26(14-16-38(24,25)3)37(2)15-13-23(45)18-22(37)19-30(33)46)7-12-31(47)41-28(36(50)40-20-32(48)49)6-4-5-17-39-27-10-11-29(44(51)52)35-34(27)42-53-43-35/h10-11,21-26,28,30,33,39,45-46H,4-9,12-20H2,1-3H3,(H,40,50)(H,41,47)(H,48,49)/t21-,22?,23-,24-,25?,26?,28+,30+,33?,37+,38-/m1/s1. The molecule has 0 spiro atoms. The molecule has 2 aromatic rings. The molecule has 0 saturated heterocycles. The number of rotatable bonds is 15. The first-order chi connectivity index (χ1) is 25.2. The van der Waals surface area contributed by atoms with Gasteiger partial charge < -0.3 is 31.3 Å². The number of amides is 2. The number of benzene rings is 1. The zero-order valence-corrected chi connectivity index (χ0v) is 31.1. The first-order valence-electron chi connectivity index (χ1n) is 19.5. The molecule has 6 N–H and O–H groups in total. The summed E-state index contributed by atoms with van der Waals surface area (Å²) in [5.74, 6) is 0.301. The van der Waals surface area contributed by atoms with E-state index in [-0.39, 0.29) is 63.9 Å². The number of carboxylic acids is 1. The minimum atomic E-state index is -1.18. The number of hydrogen-bond donors (Lipinski definition) is 6. The van der Waals surface area contributed by atoms with Crippen LogP contribution in [0.5, 0.6) is 0 Å². The van der Waals surface area contributed by atoms with Crippen molar-refractivity contribution < 1.29 is 39.3 Å². The van der Waals surface area contributed by atoms with Gasteiger partial charge in [-0.3, -0.25) is 24.5 Å². The number of carboxylic acid groups (broad SMARTS) is 1. The van der Waals surface area contributed by atoms with E-state index in [1.54, 1.807) is 0 Å². The van der Waals surface area contributed by atoms with Crippen molar-refractivity contribution in [3.8, 4) is 0 Å². The lowest BCUT2D eigenvalue weighted by Gasteiger charge is -2.62. The second-order valence-corrected chi connectivity index (χ2v) is 17.0. The molecular formula is C38H56N6O9. The van der Waals surface area contributed by atoms with Gasteiger partial charge in [0, 0.05) is 19.0 Å².